The van der Waals surface area contributed by atoms with Crippen LogP contribution in [-0.2, 0) is 4.79 Å². The van der Waals surface area contributed by atoms with Crippen LogP contribution in [0.4, 0.5) is 8.78 Å². The van der Waals surface area contributed by atoms with E-state index >= 15 is 0 Å². The number of aromatic nitrogens is 1. The predicted octanol–water partition coefficient (Wildman–Crippen LogP) is 1.43. The molecule has 0 fully saturated rings. The molecule has 3 aromatic rings. The largest absolute Gasteiger partial charge is 0.354 e. The van der Waals surface area contributed by atoms with E-state index in [-0.39, 0.29) is 14.8 Å². The molecule has 1 amide bonds. The Labute approximate surface area is 162 Å². The average molecular weight is 397 g/mol. The van der Waals surface area contributed by atoms with Gasteiger partial charge in [-0.15, -0.1) is 11.3 Å². The first-order valence-corrected chi connectivity index (χ1v) is 8.88. The van der Waals surface area contributed by atoms with Gasteiger partial charge in [0.15, 0.2) is 5.57 Å². The summed E-state index contributed by atoms with van der Waals surface area (Å²) in [4.78, 5) is 25.1. The number of rotatable bonds is 3. The second kappa shape index (κ2) is 7.98. The Bertz CT molecular complexity index is 1250. The number of nitrogens with zero attached hydrogens (tertiary/aromatic N) is 2. The summed E-state index contributed by atoms with van der Waals surface area (Å²) in [6, 6.07) is 12.5. The molecule has 1 N–H and O–H groups in total. The average Bonchev–Trinajstić information content (AvgIpc) is 3.00. The highest BCUT2D eigenvalue weighted by Gasteiger charge is 2.16. The quantitative estimate of drug-likeness (QED) is 0.727. The zero-order valence-electron chi connectivity index (χ0n) is 14.6. The number of hydrogen-bond acceptors (Lipinski definition) is 4. The fourth-order valence-corrected chi connectivity index (χ4v) is 3.61. The number of halogens is 2. The van der Waals surface area contributed by atoms with E-state index in [1.54, 1.807) is 0 Å². The van der Waals surface area contributed by atoms with Crippen LogP contribution in [-0.4, -0.2) is 17.5 Å². The van der Waals surface area contributed by atoms with Gasteiger partial charge < -0.3 is 5.32 Å². The van der Waals surface area contributed by atoms with E-state index in [4.69, 9.17) is 0 Å². The van der Waals surface area contributed by atoms with Crippen LogP contribution in [0.2, 0.25) is 0 Å². The lowest BCUT2D eigenvalue weighted by Gasteiger charge is -2.03. The highest BCUT2D eigenvalue weighted by Crippen LogP contribution is 2.07. The van der Waals surface area contributed by atoms with Crippen LogP contribution >= 0.6 is 11.3 Å². The molecule has 0 unspecified atom stereocenters. The summed E-state index contributed by atoms with van der Waals surface area (Å²) in [6.07, 6.45) is 1.54. The van der Waals surface area contributed by atoms with Crippen LogP contribution in [0.1, 0.15) is 5.56 Å². The molecule has 0 saturated carbocycles. The Morgan fingerprint density at radius 3 is 2.21 bits per heavy atom. The van der Waals surface area contributed by atoms with Crippen molar-refractivity contribution in [2.24, 2.45) is 0 Å². The molecule has 3 rings (SSSR count). The Balaban J connectivity index is 2.39. The molecule has 0 saturated heterocycles. The van der Waals surface area contributed by atoms with Gasteiger partial charge in [-0.3, -0.25) is 14.2 Å². The van der Waals surface area contributed by atoms with Crippen LogP contribution < -0.4 is 20.1 Å². The lowest BCUT2D eigenvalue weighted by Crippen LogP contribution is -2.33. The van der Waals surface area contributed by atoms with E-state index in [0.29, 0.717) is 11.3 Å². The SMILES string of the molecule is CNC(=O)/C(C#N)=c1\s/c(=C/c2ccc(F)cc2)c(=O)n1-c1ccc(F)cc1. The van der Waals surface area contributed by atoms with Crippen molar-refractivity contribution in [1.29, 1.82) is 5.26 Å². The highest BCUT2D eigenvalue weighted by molar-refractivity contribution is 7.07. The number of carbonyl (C=O) groups is 1. The number of nitriles is 1. The zero-order valence-corrected chi connectivity index (χ0v) is 15.4. The molecule has 28 heavy (non-hydrogen) atoms. The number of thiazole rings is 1. The minimum Gasteiger partial charge on any atom is -0.354 e. The first-order chi connectivity index (χ1) is 13.4. The van der Waals surface area contributed by atoms with Crippen LogP contribution in [0.3, 0.4) is 0 Å². The monoisotopic (exact) mass is 397 g/mol. The van der Waals surface area contributed by atoms with Crippen molar-refractivity contribution in [3.63, 3.8) is 0 Å². The minimum atomic E-state index is -0.645. The molecule has 0 aliphatic heterocycles. The van der Waals surface area contributed by atoms with E-state index in [2.05, 4.69) is 5.32 Å². The molecule has 0 spiro atoms. The molecule has 1 aromatic heterocycles. The van der Waals surface area contributed by atoms with E-state index in [1.807, 2.05) is 6.07 Å². The number of carbonyl (C=O) groups excluding carboxylic acids is 1. The number of nitrogens with one attached hydrogen (secondary N) is 1. The van der Waals surface area contributed by atoms with E-state index < -0.39 is 23.1 Å². The Kier molecular flexibility index (Phi) is 5.47. The summed E-state index contributed by atoms with van der Waals surface area (Å²) >= 11 is 0.948. The van der Waals surface area contributed by atoms with Gasteiger partial charge in [0.1, 0.15) is 22.4 Å². The Morgan fingerprint density at radius 2 is 1.68 bits per heavy atom. The summed E-state index contributed by atoms with van der Waals surface area (Å²) in [5.41, 5.74) is 0.171. The van der Waals surface area contributed by atoms with Gasteiger partial charge in [-0.25, -0.2) is 8.78 Å². The summed E-state index contributed by atoms with van der Waals surface area (Å²) in [6.45, 7) is 0. The van der Waals surface area contributed by atoms with Crippen LogP contribution in [0.25, 0.3) is 17.3 Å². The predicted molar refractivity (Wildman–Crippen MR) is 102 cm³/mol. The fraction of sp³-hybridized carbons (Fsp3) is 0.0500. The number of hydrogen-bond donors (Lipinski definition) is 1. The van der Waals surface area contributed by atoms with E-state index in [9.17, 15) is 23.6 Å². The second-order valence-corrected chi connectivity index (χ2v) is 6.68. The topological polar surface area (TPSA) is 74.9 Å². The van der Waals surface area contributed by atoms with Crippen molar-refractivity contribution in [2.45, 2.75) is 0 Å². The molecule has 0 bridgehead atoms. The lowest BCUT2D eigenvalue weighted by molar-refractivity contribution is -0.115. The first kappa shape index (κ1) is 19.2. The summed E-state index contributed by atoms with van der Waals surface area (Å²) in [5.74, 6) is -1.54. The van der Waals surface area contributed by atoms with Gasteiger partial charge in [0.2, 0.25) is 0 Å². The molecule has 0 atom stereocenters. The lowest BCUT2D eigenvalue weighted by atomic mass is 10.2. The van der Waals surface area contributed by atoms with Crippen LogP contribution in [0, 0.1) is 23.0 Å². The maximum absolute atomic E-state index is 13.3. The van der Waals surface area contributed by atoms with Gasteiger partial charge in [-0.05, 0) is 48.0 Å². The van der Waals surface area contributed by atoms with Crippen molar-refractivity contribution in [1.82, 2.24) is 9.88 Å². The third kappa shape index (κ3) is 3.75. The standard InChI is InChI=1S/C20H13F2N3O2S/c1-24-18(26)16(11-23)20-25(15-8-6-14(22)7-9-15)19(27)17(28-20)10-12-2-4-13(21)5-3-12/h2-10H,1H3,(H,24,26)/b17-10+,20-16-. The first-order valence-electron chi connectivity index (χ1n) is 8.06. The summed E-state index contributed by atoms with van der Waals surface area (Å²) < 4.78 is 28.0. The summed E-state index contributed by atoms with van der Waals surface area (Å²) in [7, 11) is 1.37. The Morgan fingerprint density at radius 1 is 1.11 bits per heavy atom. The third-order valence-electron chi connectivity index (χ3n) is 3.86. The number of benzene rings is 2. The fourth-order valence-electron chi connectivity index (χ4n) is 2.51. The van der Waals surface area contributed by atoms with Crippen LogP contribution in [0.5, 0.6) is 0 Å². The van der Waals surface area contributed by atoms with E-state index in [0.717, 1.165) is 11.3 Å². The molecule has 0 radical (unpaired) electrons. The van der Waals surface area contributed by atoms with Gasteiger partial charge in [-0.2, -0.15) is 5.26 Å². The second-order valence-electron chi connectivity index (χ2n) is 5.65. The third-order valence-corrected chi connectivity index (χ3v) is 4.95. The maximum atomic E-state index is 13.3. The maximum Gasteiger partial charge on any atom is 0.273 e. The molecule has 5 nitrogen and oxygen atoms in total. The number of amides is 1. The molecular formula is C20H13F2N3O2S. The van der Waals surface area contributed by atoms with Crippen LogP contribution in [0.15, 0.2) is 53.3 Å². The molecule has 8 heteroatoms. The smallest absolute Gasteiger partial charge is 0.273 e. The van der Waals surface area contributed by atoms with Crippen molar-refractivity contribution in [3.05, 3.63) is 85.3 Å². The molecule has 140 valence electrons. The van der Waals surface area contributed by atoms with Crippen molar-refractivity contribution in [2.75, 3.05) is 7.05 Å². The van der Waals surface area contributed by atoms with Gasteiger partial charge in [0.25, 0.3) is 11.5 Å². The van der Waals surface area contributed by atoms with E-state index in [1.165, 1.54) is 66.2 Å². The van der Waals surface area contributed by atoms with Crippen molar-refractivity contribution >= 4 is 28.9 Å². The van der Waals surface area contributed by atoms with Crippen molar-refractivity contribution in [3.8, 4) is 11.8 Å². The molecule has 2 aromatic carbocycles. The molecular weight excluding hydrogens is 384 g/mol. The van der Waals surface area contributed by atoms with Gasteiger partial charge in [0, 0.05) is 7.05 Å². The molecule has 0 aliphatic rings. The molecule has 1 heterocycles. The van der Waals surface area contributed by atoms with Gasteiger partial charge in [0.05, 0.1) is 10.2 Å². The van der Waals surface area contributed by atoms with Gasteiger partial charge in [-0.1, -0.05) is 12.1 Å². The van der Waals surface area contributed by atoms with Gasteiger partial charge >= 0.3 is 0 Å². The minimum absolute atomic E-state index is 0.117. The highest BCUT2D eigenvalue weighted by atomic mass is 32.1. The molecule has 0 aliphatic carbocycles. The zero-order chi connectivity index (χ0) is 20.3. The Hall–Kier alpha value is -3.57. The van der Waals surface area contributed by atoms with Crippen molar-refractivity contribution < 1.29 is 13.6 Å². The summed E-state index contributed by atoms with van der Waals surface area (Å²) in [5, 5.41) is 11.8. The normalized spacial score (nSPS) is 12.4.